The lowest BCUT2D eigenvalue weighted by molar-refractivity contribution is -0.126. The third-order valence-electron chi connectivity index (χ3n) is 4.31. The molecule has 0 saturated heterocycles. The second kappa shape index (κ2) is 10.5. The first-order valence-corrected chi connectivity index (χ1v) is 16.6. The van der Waals surface area contributed by atoms with E-state index in [1.807, 2.05) is 44.4 Å². The topological polar surface area (TPSA) is 34.1 Å². The van der Waals surface area contributed by atoms with Gasteiger partial charge in [-0.05, 0) is 90.8 Å². The normalized spacial score (nSPS) is 20.6. The molecule has 2 nitrogen and oxygen atoms in total. The molecular weight excluding hydrogens is 553 g/mol. The van der Waals surface area contributed by atoms with Crippen LogP contribution in [0, 0.1) is 0 Å². The van der Waals surface area contributed by atoms with Gasteiger partial charge in [0.15, 0.2) is 0 Å². The number of carbonyl (C=O) groups is 2. The number of thiophene rings is 4. The van der Waals surface area contributed by atoms with E-state index in [1.165, 1.54) is 0 Å². The van der Waals surface area contributed by atoms with Crippen LogP contribution < -0.4 is 0 Å². The molecule has 4 aromatic rings. The lowest BCUT2D eigenvalue weighted by Crippen LogP contribution is -2.06. The van der Waals surface area contributed by atoms with Crippen molar-refractivity contribution in [1.29, 1.82) is 0 Å². The Bertz CT molecular complexity index is 1180. The van der Waals surface area contributed by atoms with Crippen LogP contribution in [0.25, 0.3) is 19.6 Å². The Hall–Kier alpha value is -0.980. The Morgan fingerprint density at radius 3 is 1.03 bits per heavy atom. The molecule has 0 N–H and O–H groups in total. The molecule has 0 unspecified atom stereocenters. The maximum Gasteiger partial charge on any atom is 0.271 e. The summed E-state index contributed by atoms with van der Waals surface area (Å²) in [6.07, 6.45) is 0. The van der Waals surface area contributed by atoms with Crippen LogP contribution in [0.1, 0.15) is 22.3 Å². The van der Waals surface area contributed by atoms with E-state index in [1.54, 1.807) is 66.9 Å². The molecule has 0 aromatic carbocycles. The molecule has 0 saturated carbocycles. The Kier molecular flexibility index (Phi) is 7.49. The van der Waals surface area contributed by atoms with Crippen molar-refractivity contribution in [2.45, 2.75) is 0 Å². The van der Waals surface area contributed by atoms with Crippen LogP contribution in [0.15, 0.2) is 67.3 Å². The maximum absolute atomic E-state index is 13.1. The molecular formula is C22H12O2S8. The SMILES string of the molecule is O=C1S/C(c2ccsc2)=C(/c2ccsc2)SS/C(c2ccsc2)=C(/c2ccsc2)SC1=O. The van der Waals surface area contributed by atoms with Gasteiger partial charge in [0.2, 0.25) is 0 Å². The van der Waals surface area contributed by atoms with Gasteiger partial charge in [0.05, 0.1) is 0 Å². The summed E-state index contributed by atoms with van der Waals surface area (Å²) in [5.74, 6) is 0. The lowest BCUT2D eigenvalue weighted by atomic mass is 10.2. The van der Waals surface area contributed by atoms with Crippen LogP contribution in [0.4, 0.5) is 0 Å². The zero-order valence-electron chi connectivity index (χ0n) is 16.0. The van der Waals surface area contributed by atoms with Crippen LogP contribution in [0.2, 0.25) is 0 Å². The van der Waals surface area contributed by atoms with Crippen LogP contribution in [0.5, 0.6) is 0 Å². The summed E-state index contributed by atoms with van der Waals surface area (Å²) in [4.78, 5) is 29.9. The minimum atomic E-state index is -0.450. The van der Waals surface area contributed by atoms with E-state index < -0.39 is 10.2 Å². The molecule has 0 amide bonds. The molecule has 5 rings (SSSR count). The number of hydrogen-bond donors (Lipinski definition) is 0. The molecule has 1 aliphatic rings. The van der Waals surface area contributed by atoms with Crippen molar-refractivity contribution in [1.82, 2.24) is 0 Å². The average Bonchev–Trinajstić information content (AvgIpc) is 3.61. The highest BCUT2D eigenvalue weighted by Crippen LogP contribution is 2.55. The van der Waals surface area contributed by atoms with Crippen molar-refractivity contribution in [3.8, 4) is 0 Å². The van der Waals surface area contributed by atoms with Gasteiger partial charge in [-0.3, -0.25) is 9.59 Å². The summed E-state index contributed by atoms with van der Waals surface area (Å²) in [5, 5.41) is 15.4. The smallest absolute Gasteiger partial charge is 0.271 e. The molecule has 5 heterocycles. The third-order valence-corrected chi connectivity index (χ3v) is 12.0. The van der Waals surface area contributed by atoms with Gasteiger partial charge in [-0.15, -0.1) is 0 Å². The Balaban J connectivity index is 1.70. The summed E-state index contributed by atoms with van der Waals surface area (Å²) in [5.41, 5.74) is 4.08. The highest BCUT2D eigenvalue weighted by atomic mass is 33.1. The predicted molar refractivity (Wildman–Crippen MR) is 151 cm³/mol. The molecule has 160 valence electrons. The van der Waals surface area contributed by atoms with E-state index in [0.717, 1.165) is 65.4 Å². The van der Waals surface area contributed by atoms with Crippen molar-refractivity contribution >= 4 is 120 Å². The van der Waals surface area contributed by atoms with Crippen LogP contribution >= 0.6 is 90.5 Å². The van der Waals surface area contributed by atoms with Crippen molar-refractivity contribution in [2.75, 3.05) is 0 Å². The Labute approximate surface area is 217 Å². The highest BCUT2D eigenvalue weighted by molar-refractivity contribution is 8.83. The van der Waals surface area contributed by atoms with E-state index in [9.17, 15) is 9.59 Å². The van der Waals surface area contributed by atoms with E-state index in [4.69, 9.17) is 0 Å². The van der Waals surface area contributed by atoms with Gasteiger partial charge in [-0.1, -0.05) is 21.6 Å². The first kappa shape index (κ1) is 22.8. The van der Waals surface area contributed by atoms with Gasteiger partial charge in [0, 0.05) is 41.9 Å². The molecule has 0 radical (unpaired) electrons. The van der Waals surface area contributed by atoms with E-state index in [2.05, 4.69) is 22.9 Å². The van der Waals surface area contributed by atoms with Crippen LogP contribution in [-0.2, 0) is 9.59 Å². The predicted octanol–water partition coefficient (Wildman–Crippen LogP) is 9.20. The van der Waals surface area contributed by atoms with Gasteiger partial charge < -0.3 is 0 Å². The zero-order chi connectivity index (χ0) is 21.9. The molecule has 10 heteroatoms. The first-order valence-electron chi connectivity index (χ1n) is 9.08. The summed E-state index contributed by atoms with van der Waals surface area (Å²) in [6, 6.07) is 8.16. The second-order valence-electron chi connectivity index (χ2n) is 6.31. The fourth-order valence-electron chi connectivity index (χ4n) is 2.83. The minimum absolute atomic E-state index is 0.450. The van der Waals surface area contributed by atoms with Gasteiger partial charge in [0.25, 0.3) is 10.2 Å². The van der Waals surface area contributed by atoms with Crippen LogP contribution in [0.3, 0.4) is 0 Å². The van der Waals surface area contributed by atoms with Crippen molar-refractivity contribution in [3.63, 3.8) is 0 Å². The quantitative estimate of drug-likeness (QED) is 0.182. The summed E-state index contributed by atoms with van der Waals surface area (Å²) in [7, 11) is 3.31. The van der Waals surface area contributed by atoms with Crippen molar-refractivity contribution in [2.24, 2.45) is 0 Å². The molecule has 32 heavy (non-hydrogen) atoms. The largest absolute Gasteiger partial charge is 0.277 e. The number of thioether (sulfide) groups is 2. The Morgan fingerprint density at radius 2 is 0.750 bits per heavy atom. The van der Waals surface area contributed by atoms with E-state index in [0.29, 0.717) is 0 Å². The molecule has 0 fully saturated rings. The summed E-state index contributed by atoms with van der Waals surface area (Å²) < 4.78 is 0. The fourth-order valence-corrected chi connectivity index (χ4v) is 10.8. The average molecular weight is 565 g/mol. The number of rotatable bonds is 4. The fraction of sp³-hybridized carbons (Fsp3) is 0. The van der Waals surface area contributed by atoms with Gasteiger partial charge in [0.1, 0.15) is 0 Å². The van der Waals surface area contributed by atoms with Gasteiger partial charge >= 0.3 is 0 Å². The number of hydrogen-bond acceptors (Lipinski definition) is 10. The maximum atomic E-state index is 13.1. The van der Waals surface area contributed by atoms with E-state index >= 15 is 0 Å². The van der Waals surface area contributed by atoms with Gasteiger partial charge in [-0.25, -0.2) is 0 Å². The Morgan fingerprint density at radius 1 is 0.438 bits per heavy atom. The first-order chi connectivity index (χ1) is 15.7. The second-order valence-corrected chi connectivity index (χ2v) is 13.5. The lowest BCUT2D eigenvalue weighted by Gasteiger charge is -2.17. The molecule has 4 aromatic heterocycles. The van der Waals surface area contributed by atoms with Crippen molar-refractivity contribution in [3.05, 3.63) is 89.6 Å². The highest BCUT2D eigenvalue weighted by Gasteiger charge is 2.28. The molecule has 0 aliphatic carbocycles. The standard InChI is InChI=1S/C22H12O2S8/c23-21-22(24)30-18(14-2-6-26-10-14)20(16-4-8-28-12-16)32-31-19(15-3-7-27-11-15)17(29-21)13-1-5-25-9-13/h1-12H/b19-17-,20-18-. The van der Waals surface area contributed by atoms with Crippen LogP contribution in [-0.4, -0.2) is 10.2 Å². The molecule has 0 atom stereocenters. The molecule has 0 bridgehead atoms. The van der Waals surface area contributed by atoms with Gasteiger partial charge in [-0.2, -0.15) is 45.3 Å². The van der Waals surface area contributed by atoms with Crippen molar-refractivity contribution < 1.29 is 9.59 Å². The van der Waals surface area contributed by atoms with E-state index in [-0.39, 0.29) is 0 Å². The number of carbonyl (C=O) groups excluding carboxylic acids is 2. The molecule has 0 spiro atoms. The molecule has 1 aliphatic heterocycles. The monoisotopic (exact) mass is 564 g/mol. The summed E-state index contributed by atoms with van der Waals surface area (Å²) >= 11 is 8.50. The zero-order valence-corrected chi connectivity index (χ0v) is 22.5. The third kappa shape index (κ3) is 4.92. The summed E-state index contributed by atoms with van der Waals surface area (Å²) in [6.45, 7) is 0. The minimum Gasteiger partial charge on any atom is -0.277 e.